The van der Waals surface area contributed by atoms with Gasteiger partial charge in [-0.3, -0.25) is 4.79 Å². The van der Waals surface area contributed by atoms with Crippen molar-refractivity contribution in [2.24, 2.45) is 11.8 Å². The number of carbonyl (C=O) groups is 1. The molecule has 0 saturated heterocycles. The topological polar surface area (TPSA) is 41.1 Å². The zero-order valence-electron chi connectivity index (χ0n) is 12.2. The van der Waals surface area contributed by atoms with Crippen molar-refractivity contribution in [3.63, 3.8) is 0 Å². The molecule has 1 aliphatic rings. The summed E-state index contributed by atoms with van der Waals surface area (Å²) in [4.78, 5) is 11.9. The quantitative estimate of drug-likeness (QED) is 0.889. The van der Waals surface area contributed by atoms with E-state index in [0.29, 0.717) is 23.3 Å². The van der Waals surface area contributed by atoms with Crippen LogP contribution in [0.2, 0.25) is 5.02 Å². The van der Waals surface area contributed by atoms with E-state index in [1.807, 2.05) is 18.2 Å². The first kappa shape index (κ1) is 15.3. The lowest BCUT2D eigenvalue weighted by Gasteiger charge is -2.32. The number of benzene rings is 1. The van der Waals surface area contributed by atoms with Crippen molar-refractivity contribution < 1.29 is 4.79 Å². The number of hydrogen-bond acceptors (Lipinski definition) is 2. The molecule has 0 bridgehead atoms. The van der Waals surface area contributed by atoms with Crippen LogP contribution in [0.3, 0.4) is 0 Å². The maximum absolute atomic E-state index is 11.9. The van der Waals surface area contributed by atoms with E-state index < -0.39 is 0 Å². The van der Waals surface area contributed by atoms with E-state index in [1.165, 1.54) is 6.42 Å². The molecule has 0 aliphatic heterocycles. The Morgan fingerprint density at radius 1 is 1.25 bits per heavy atom. The molecule has 1 aliphatic carbocycles. The largest absolute Gasteiger partial charge is 0.324 e. The highest BCUT2D eigenvalue weighted by molar-refractivity contribution is 6.33. The summed E-state index contributed by atoms with van der Waals surface area (Å²) < 4.78 is 0. The van der Waals surface area contributed by atoms with E-state index in [2.05, 4.69) is 24.5 Å². The summed E-state index contributed by atoms with van der Waals surface area (Å²) >= 11 is 6.02. The third-order valence-corrected chi connectivity index (χ3v) is 4.63. The maximum atomic E-state index is 11.9. The smallest absolute Gasteiger partial charge is 0.238 e. The Bertz CT molecular complexity index is 464. The molecule has 2 N–H and O–H groups in total. The van der Waals surface area contributed by atoms with Crippen LogP contribution in [0.15, 0.2) is 24.3 Å². The fourth-order valence-corrected chi connectivity index (χ4v) is 2.91. The molecule has 3 atom stereocenters. The van der Waals surface area contributed by atoms with Gasteiger partial charge in [-0.05, 0) is 43.2 Å². The fraction of sp³-hybridized carbons (Fsp3) is 0.562. The molecular weight excluding hydrogens is 272 g/mol. The molecule has 20 heavy (non-hydrogen) atoms. The van der Waals surface area contributed by atoms with Crippen molar-refractivity contribution in [3.05, 3.63) is 29.3 Å². The zero-order valence-corrected chi connectivity index (χ0v) is 12.9. The zero-order chi connectivity index (χ0) is 14.5. The molecule has 0 heterocycles. The van der Waals surface area contributed by atoms with Gasteiger partial charge in [0.05, 0.1) is 17.3 Å². The minimum absolute atomic E-state index is 0.0376. The highest BCUT2D eigenvalue weighted by Gasteiger charge is 2.24. The molecule has 1 saturated carbocycles. The monoisotopic (exact) mass is 294 g/mol. The average Bonchev–Trinajstić information content (AvgIpc) is 2.43. The molecule has 2 rings (SSSR count). The highest BCUT2D eigenvalue weighted by atomic mass is 35.5. The maximum Gasteiger partial charge on any atom is 0.238 e. The van der Waals surface area contributed by atoms with E-state index in [1.54, 1.807) is 6.07 Å². The van der Waals surface area contributed by atoms with Gasteiger partial charge in [0, 0.05) is 6.04 Å². The number of carbonyl (C=O) groups excluding carboxylic acids is 1. The van der Waals surface area contributed by atoms with Crippen molar-refractivity contribution in [1.29, 1.82) is 0 Å². The summed E-state index contributed by atoms with van der Waals surface area (Å²) in [6.45, 7) is 4.95. The van der Waals surface area contributed by atoms with Gasteiger partial charge < -0.3 is 10.6 Å². The molecule has 1 aromatic carbocycles. The summed E-state index contributed by atoms with van der Waals surface area (Å²) in [7, 11) is 0. The van der Waals surface area contributed by atoms with Gasteiger partial charge in [0.25, 0.3) is 0 Å². The molecule has 0 radical (unpaired) electrons. The predicted octanol–water partition coefficient (Wildman–Crippen LogP) is 3.69. The lowest BCUT2D eigenvalue weighted by molar-refractivity contribution is -0.115. The van der Waals surface area contributed by atoms with E-state index in [4.69, 9.17) is 11.6 Å². The van der Waals surface area contributed by atoms with Crippen molar-refractivity contribution >= 4 is 23.2 Å². The van der Waals surface area contributed by atoms with Crippen LogP contribution < -0.4 is 10.6 Å². The molecule has 1 fully saturated rings. The third-order valence-electron chi connectivity index (χ3n) is 4.30. The van der Waals surface area contributed by atoms with Crippen LogP contribution in [0.5, 0.6) is 0 Å². The van der Waals surface area contributed by atoms with Gasteiger partial charge >= 0.3 is 0 Å². The number of anilines is 1. The Morgan fingerprint density at radius 3 is 2.70 bits per heavy atom. The summed E-state index contributed by atoms with van der Waals surface area (Å²) in [5, 5.41) is 6.76. The van der Waals surface area contributed by atoms with Crippen molar-refractivity contribution in [2.75, 3.05) is 11.9 Å². The Morgan fingerprint density at radius 2 is 2.00 bits per heavy atom. The molecule has 3 nitrogen and oxygen atoms in total. The summed E-state index contributed by atoms with van der Waals surface area (Å²) in [5.41, 5.74) is 0.673. The summed E-state index contributed by atoms with van der Waals surface area (Å²) in [6.07, 6.45) is 3.55. The standard InChI is InChI=1S/C16H23ClN2O/c1-11-7-8-13(9-12(11)2)18-10-16(20)19-15-6-4-3-5-14(15)17/h3-6,11-13,18H,7-10H2,1-2H3,(H,19,20). The minimum Gasteiger partial charge on any atom is -0.324 e. The van der Waals surface area contributed by atoms with Crippen LogP contribution in [-0.4, -0.2) is 18.5 Å². The Kier molecular flexibility index (Phi) is 5.44. The van der Waals surface area contributed by atoms with Crippen LogP contribution >= 0.6 is 11.6 Å². The van der Waals surface area contributed by atoms with Crippen molar-refractivity contribution in [1.82, 2.24) is 5.32 Å². The highest BCUT2D eigenvalue weighted by Crippen LogP contribution is 2.29. The third kappa shape index (κ3) is 4.22. The van der Waals surface area contributed by atoms with Gasteiger partial charge in [0.15, 0.2) is 0 Å². The van der Waals surface area contributed by atoms with E-state index in [9.17, 15) is 4.79 Å². The molecule has 1 amide bonds. The number of amides is 1. The molecule has 110 valence electrons. The van der Waals surface area contributed by atoms with Crippen LogP contribution in [0.25, 0.3) is 0 Å². The second-order valence-corrected chi connectivity index (χ2v) is 6.28. The Balaban J connectivity index is 1.77. The molecule has 4 heteroatoms. The second kappa shape index (κ2) is 7.09. The molecular formula is C16H23ClN2O. The number of para-hydroxylation sites is 1. The van der Waals surface area contributed by atoms with Crippen molar-refractivity contribution in [2.45, 2.75) is 39.2 Å². The average molecular weight is 295 g/mol. The van der Waals surface area contributed by atoms with Gasteiger partial charge in [-0.2, -0.15) is 0 Å². The first-order valence-corrected chi connectivity index (χ1v) is 7.72. The number of halogens is 1. The predicted molar refractivity (Wildman–Crippen MR) is 84.1 cm³/mol. The first-order chi connectivity index (χ1) is 9.56. The van der Waals surface area contributed by atoms with E-state index in [-0.39, 0.29) is 5.91 Å². The Hall–Kier alpha value is -1.06. The van der Waals surface area contributed by atoms with Gasteiger partial charge in [0.2, 0.25) is 5.91 Å². The normalized spacial score (nSPS) is 26.2. The number of rotatable bonds is 4. The van der Waals surface area contributed by atoms with Crippen molar-refractivity contribution in [3.8, 4) is 0 Å². The van der Waals surface area contributed by atoms with Gasteiger partial charge in [-0.25, -0.2) is 0 Å². The van der Waals surface area contributed by atoms with Crippen LogP contribution in [0, 0.1) is 11.8 Å². The van der Waals surface area contributed by atoms with Crippen LogP contribution in [-0.2, 0) is 4.79 Å². The lowest BCUT2D eigenvalue weighted by Crippen LogP contribution is -2.40. The minimum atomic E-state index is -0.0376. The lowest BCUT2D eigenvalue weighted by atomic mass is 9.79. The molecule has 3 unspecified atom stereocenters. The second-order valence-electron chi connectivity index (χ2n) is 5.87. The van der Waals surface area contributed by atoms with Gasteiger partial charge in [0.1, 0.15) is 0 Å². The molecule has 0 spiro atoms. The Labute approximate surface area is 126 Å². The van der Waals surface area contributed by atoms with E-state index in [0.717, 1.165) is 24.7 Å². The number of hydrogen-bond donors (Lipinski definition) is 2. The van der Waals surface area contributed by atoms with Gasteiger partial charge in [-0.1, -0.05) is 37.6 Å². The van der Waals surface area contributed by atoms with Gasteiger partial charge in [-0.15, -0.1) is 0 Å². The fourth-order valence-electron chi connectivity index (χ4n) is 2.73. The molecule has 0 aromatic heterocycles. The van der Waals surface area contributed by atoms with Crippen LogP contribution in [0.1, 0.15) is 33.1 Å². The van der Waals surface area contributed by atoms with E-state index >= 15 is 0 Å². The molecule has 1 aromatic rings. The summed E-state index contributed by atoms with van der Waals surface area (Å²) in [5.74, 6) is 1.49. The number of nitrogens with one attached hydrogen (secondary N) is 2. The first-order valence-electron chi connectivity index (χ1n) is 7.34. The SMILES string of the molecule is CC1CCC(NCC(=O)Nc2ccccc2Cl)CC1C. The van der Waals surface area contributed by atoms with Crippen LogP contribution in [0.4, 0.5) is 5.69 Å². The summed E-state index contributed by atoms with van der Waals surface area (Å²) in [6, 6.07) is 7.75.